The molecule has 0 aromatic heterocycles. The van der Waals surface area contributed by atoms with Crippen molar-refractivity contribution >= 4 is 28.2 Å². The third-order valence-corrected chi connectivity index (χ3v) is 4.66. The van der Waals surface area contributed by atoms with E-state index >= 15 is 0 Å². The molecule has 1 aromatic carbocycles. The van der Waals surface area contributed by atoms with E-state index in [0.717, 1.165) is 19.3 Å². The fourth-order valence-corrected chi connectivity index (χ4v) is 2.80. The fraction of sp³-hybridized carbons (Fsp3) is 0.533. The van der Waals surface area contributed by atoms with E-state index in [4.69, 9.17) is 5.73 Å². The highest BCUT2D eigenvalue weighted by molar-refractivity contribution is 7.90. The Balaban J connectivity index is 0.00000529. The van der Waals surface area contributed by atoms with E-state index in [1.807, 2.05) is 6.92 Å². The molecule has 3 N–H and O–H groups in total. The van der Waals surface area contributed by atoms with Crippen molar-refractivity contribution in [3.05, 3.63) is 35.4 Å². The molecule has 0 saturated carbocycles. The van der Waals surface area contributed by atoms with Crippen molar-refractivity contribution in [3.8, 4) is 0 Å². The zero-order chi connectivity index (χ0) is 17.5. The van der Waals surface area contributed by atoms with Crippen LogP contribution in [0.5, 0.6) is 0 Å². The molecule has 0 spiro atoms. The number of hydrogen-bond acceptors (Lipinski definition) is 4. The smallest absolute Gasteiger partial charge is 0.337 e. The number of sulfone groups is 1. The molecule has 9 heteroatoms. The maximum absolute atomic E-state index is 12.3. The number of amides is 1. The summed E-state index contributed by atoms with van der Waals surface area (Å²) >= 11 is 0. The quantitative estimate of drug-likeness (QED) is 0.684. The van der Waals surface area contributed by atoms with E-state index in [1.165, 1.54) is 24.3 Å². The van der Waals surface area contributed by atoms with Gasteiger partial charge in [-0.2, -0.15) is 8.78 Å². The van der Waals surface area contributed by atoms with E-state index in [2.05, 4.69) is 5.32 Å². The molecule has 0 heterocycles. The fourth-order valence-electron chi connectivity index (χ4n) is 2.02. The Morgan fingerprint density at radius 2 is 1.83 bits per heavy atom. The molecule has 1 amide bonds. The topological polar surface area (TPSA) is 89.3 Å². The van der Waals surface area contributed by atoms with Crippen molar-refractivity contribution < 1.29 is 22.0 Å². The second-order valence-electron chi connectivity index (χ2n) is 5.31. The lowest BCUT2D eigenvalue weighted by Gasteiger charge is -2.16. The third kappa shape index (κ3) is 7.11. The van der Waals surface area contributed by atoms with Crippen LogP contribution < -0.4 is 11.1 Å². The molecule has 5 nitrogen and oxygen atoms in total. The maximum atomic E-state index is 12.3. The summed E-state index contributed by atoms with van der Waals surface area (Å²) in [5.41, 5.74) is 6.15. The molecule has 1 unspecified atom stereocenters. The first-order valence-electron chi connectivity index (χ1n) is 7.39. The number of rotatable bonds is 9. The molecule has 24 heavy (non-hydrogen) atoms. The van der Waals surface area contributed by atoms with Crippen LogP contribution in [-0.4, -0.2) is 32.7 Å². The van der Waals surface area contributed by atoms with Gasteiger partial charge in [-0.1, -0.05) is 31.9 Å². The van der Waals surface area contributed by atoms with Crippen LogP contribution in [-0.2, 0) is 15.6 Å². The van der Waals surface area contributed by atoms with Gasteiger partial charge in [0.15, 0.2) is 0 Å². The maximum Gasteiger partial charge on any atom is 0.337 e. The van der Waals surface area contributed by atoms with Crippen LogP contribution in [0.3, 0.4) is 0 Å². The highest BCUT2D eigenvalue weighted by Gasteiger charge is 2.24. The van der Waals surface area contributed by atoms with Crippen molar-refractivity contribution in [1.82, 2.24) is 5.32 Å². The number of carbonyl (C=O) groups excluding carboxylic acids is 1. The summed E-state index contributed by atoms with van der Waals surface area (Å²) in [6.07, 6.45) is 2.73. The van der Waals surface area contributed by atoms with Crippen molar-refractivity contribution in [1.29, 1.82) is 0 Å². The average molecular weight is 385 g/mol. The normalized spacial score (nSPS) is 12.5. The van der Waals surface area contributed by atoms with Gasteiger partial charge in [0.25, 0.3) is 5.91 Å². The first-order valence-corrected chi connectivity index (χ1v) is 9.11. The monoisotopic (exact) mass is 384 g/mol. The van der Waals surface area contributed by atoms with E-state index in [1.54, 1.807) is 0 Å². The molecule has 1 atom stereocenters. The first kappa shape index (κ1) is 22.8. The number of hydrogen-bond donors (Lipinski definition) is 2. The molecule has 0 saturated heterocycles. The lowest BCUT2D eigenvalue weighted by Crippen LogP contribution is -2.40. The number of halogens is 3. The van der Waals surface area contributed by atoms with Crippen molar-refractivity contribution in [2.75, 3.05) is 6.54 Å². The van der Waals surface area contributed by atoms with Gasteiger partial charge in [0, 0.05) is 18.2 Å². The minimum atomic E-state index is -4.47. The number of nitrogens with two attached hydrogens (primary N) is 1. The molecule has 1 aromatic rings. The van der Waals surface area contributed by atoms with Crippen LogP contribution in [0.2, 0.25) is 0 Å². The number of alkyl halides is 2. The molecular formula is C15H23ClF2N2O3S. The molecule has 0 aliphatic heterocycles. The zero-order valence-corrected chi connectivity index (χ0v) is 15.0. The predicted molar refractivity (Wildman–Crippen MR) is 92.2 cm³/mol. The number of unbranched alkanes of at least 4 members (excludes halogenated alkanes) is 1. The molecule has 138 valence electrons. The molecule has 0 radical (unpaired) electrons. The summed E-state index contributed by atoms with van der Waals surface area (Å²) < 4.78 is 47.0. The standard InChI is InChI=1S/C15H22F2N2O3S.ClH/c1-2-3-4-13(9-18)19-14(20)12-7-5-11(6-8-12)10-23(21,22)15(16)17;/h5-8,13,15H,2-4,9-10,18H2,1H3,(H,19,20);1H. The van der Waals surface area contributed by atoms with E-state index < -0.39 is 21.3 Å². The van der Waals surface area contributed by atoms with Gasteiger partial charge in [-0.15, -0.1) is 12.4 Å². The Kier molecular flexibility index (Phi) is 10.0. The van der Waals surface area contributed by atoms with Crippen LogP contribution in [0.4, 0.5) is 8.78 Å². The van der Waals surface area contributed by atoms with Gasteiger partial charge in [-0.05, 0) is 24.1 Å². The van der Waals surface area contributed by atoms with Crippen molar-refractivity contribution in [2.24, 2.45) is 5.73 Å². The van der Waals surface area contributed by atoms with Gasteiger partial charge in [-0.25, -0.2) is 8.42 Å². The molecule has 1 rings (SSSR count). The summed E-state index contributed by atoms with van der Waals surface area (Å²) in [6, 6.07) is 5.43. The summed E-state index contributed by atoms with van der Waals surface area (Å²) in [5.74, 6) is -4.48. The third-order valence-electron chi connectivity index (χ3n) is 3.38. The second kappa shape index (κ2) is 10.6. The van der Waals surface area contributed by atoms with Gasteiger partial charge in [0.1, 0.15) is 0 Å². The van der Waals surface area contributed by atoms with E-state index in [0.29, 0.717) is 12.1 Å². The zero-order valence-electron chi connectivity index (χ0n) is 13.4. The van der Waals surface area contributed by atoms with Crippen LogP contribution in [0, 0.1) is 0 Å². The van der Waals surface area contributed by atoms with Crippen molar-refractivity contribution in [2.45, 2.75) is 43.7 Å². The minimum absolute atomic E-state index is 0. The van der Waals surface area contributed by atoms with Crippen LogP contribution in [0.15, 0.2) is 24.3 Å². The number of benzene rings is 1. The summed E-state index contributed by atoms with van der Waals surface area (Å²) in [6.45, 7) is 2.37. The Morgan fingerprint density at radius 1 is 1.25 bits per heavy atom. The Bertz CT molecular complexity index is 610. The Morgan fingerprint density at radius 3 is 2.29 bits per heavy atom. The van der Waals surface area contributed by atoms with Gasteiger partial charge in [0.05, 0.1) is 5.75 Å². The highest BCUT2D eigenvalue weighted by Crippen LogP contribution is 2.14. The molecule has 0 aliphatic rings. The van der Waals surface area contributed by atoms with Gasteiger partial charge in [-0.3, -0.25) is 4.79 Å². The minimum Gasteiger partial charge on any atom is -0.348 e. The van der Waals surface area contributed by atoms with Crippen LogP contribution in [0.25, 0.3) is 0 Å². The van der Waals surface area contributed by atoms with Crippen LogP contribution >= 0.6 is 12.4 Å². The SMILES string of the molecule is CCCCC(CN)NC(=O)c1ccc(CS(=O)(=O)C(F)F)cc1.Cl. The summed E-state index contributed by atoms with van der Waals surface area (Å²) in [5, 5.41) is 2.80. The lowest BCUT2D eigenvalue weighted by molar-refractivity contribution is 0.0935. The average Bonchev–Trinajstić information content (AvgIpc) is 2.51. The second-order valence-corrected chi connectivity index (χ2v) is 7.28. The van der Waals surface area contributed by atoms with E-state index in [-0.39, 0.29) is 29.9 Å². The van der Waals surface area contributed by atoms with E-state index in [9.17, 15) is 22.0 Å². The first-order chi connectivity index (χ1) is 10.8. The van der Waals surface area contributed by atoms with Gasteiger partial charge in [0.2, 0.25) is 9.84 Å². The highest BCUT2D eigenvalue weighted by atomic mass is 35.5. The van der Waals surface area contributed by atoms with Gasteiger partial charge >= 0.3 is 5.76 Å². The predicted octanol–water partition coefficient (Wildman–Crippen LogP) is 2.49. The van der Waals surface area contributed by atoms with Crippen LogP contribution in [0.1, 0.15) is 42.1 Å². The molecule has 0 fully saturated rings. The Hall–Kier alpha value is -1.25. The largest absolute Gasteiger partial charge is 0.348 e. The number of nitrogens with one attached hydrogen (secondary N) is 1. The number of carbonyl (C=O) groups is 1. The molecule has 0 bridgehead atoms. The summed E-state index contributed by atoms with van der Waals surface area (Å²) in [7, 11) is -4.47. The van der Waals surface area contributed by atoms with Gasteiger partial charge < -0.3 is 11.1 Å². The Labute approximate surface area is 147 Å². The summed E-state index contributed by atoms with van der Waals surface area (Å²) in [4.78, 5) is 12.1. The lowest BCUT2D eigenvalue weighted by atomic mass is 10.1. The molecular weight excluding hydrogens is 362 g/mol. The van der Waals surface area contributed by atoms with Crippen molar-refractivity contribution in [3.63, 3.8) is 0 Å². The molecule has 0 aliphatic carbocycles.